The van der Waals surface area contributed by atoms with E-state index in [0.717, 1.165) is 0 Å². The highest BCUT2D eigenvalue weighted by molar-refractivity contribution is 7.92. The van der Waals surface area contributed by atoms with Gasteiger partial charge in [-0.05, 0) is 61.5 Å². The Labute approximate surface area is 170 Å². The third-order valence-electron chi connectivity index (χ3n) is 4.13. The lowest BCUT2D eigenvalue weighted by atomic mass is 10.2. The fourth-order valence-electron chi connectivity index (χ4n) is 2.72. The number of hydrogen-bond acceptors (Lipinski definition) is 5. The fraction of sp³-hybridized carbons (Fsp3) is 0.190. The SMILES string of the molecule is CCOc1ccc(NS(=O)(=O)c2cccc(C(=O)N(C)Cc3ccco3)c2)cc1. The molecule has 0 fully saturated rings. The summed E-state index contributed by atoms with van der Waals surface area (Å²) in [5.74, 6) is 0.990. The number of amides is 1. The van der Waals surface area contributed by atoms with Crippen LogP contribution in [0.4, 0.5) is 5.69 Å². The number of nitrogens with one attached hydrogen (secondary N) is 1. The van der Waals surface area contributed by atoms with Crippen molar-refractivity contribution < 1.29 is 22.4 Å². The normalized spacial score (nSPS) is 11.1. The summed E-state index contributed by atoms with van der Waals surface area (Å²) in [6.07, 6.45) is 1.54. The third-order valence-corrected chi connectivity index (χ3v) is 5.51. The van der Waals surface area contributed by atoms with Crippen LogP contribution in [0.5, 0.6) is 5.75 Å². The van der Waals surface area contributed by atoms with Gasteiger partial charge in [0.05, 0.1) is 24.3 Å². The first-order chi connectivity index (χ1) is 13.9. The van der Waals surface area contributed by atoms with Crippen molar-refractivity contribution in [1.29, 1.82) is 0 Å². The predicted molar refractivity (Wildman–Crippen MR) is 109 cm³/mol. The third kappa shape index (κ3) is 5.17. The Bertz CT molecular complexity index is 1060. The Morgan fingerprint density at radius 1 is 1.10 bits per heavy atom. The zero-order chi connectivity index (χ0) is 20.9. The second kappa shape index (κ2) is 8.83. The molecule has 7 nitrogen and oxygen atoms in total. The Morgan fingerprint density at radius 3 is 2.52 bits per heavy atom. The van der Waals surface area contributed by atoms with Gasteiger partial charge in [0.25, 0.3) is 15.9 Å². The summed E-state index contributed by atoms with van der Waals surface area (Å²) in [6.45, 7) is 2.68. The van der Waals surface area contributed by atoms with E-state index in [4.69, 9.17) is 9.15 Å². The van der Waals surface area contributed by atoms with Gasteiger partial charge in [0, 0.05) is 18.3 Å². The molecular formula is C21H22N2O5S. The van der Waals surface area contributed by atoms with Crippen LogP contribution >= 0.6 is 0 Å². The summed E-state index contributed by atoms with van der Waals surface area (Å²) in [5.41, 5.74) is 0.675. The molecule has 0 saturated carbocycles. The average Bonchev–Trinajstić information content (AvgIpc) is 3.22. The molecule has 0 aliphatic heterocycles. The number of carbonyl (C=O) groups excluding carboxylic acids is 1. The van der Waals surface area contributed by atoms with E-state index in [2.05, 4.69) is 4.72 Å². The molecule has 0 atom stereocenters. The van der Waals surface area contributed by atoms with Crippen LogP contribution in [0.3, 0.4) is 0 Å². The molecule has 0 radical (unpaired) electrons. The van der Waals surface area contributed by atoms with E-state index >= 15 is 0 Å². The second-order valence-corrected chi connectivity index (χ2v) is 8.01. The topological polar surface area (TPSA) is 88.8 Å². The lowest BCUT2D eigenvalue weighted by Gasteiger charge is -2.16. The molecule has 1 aromatic heterocycles. The van der Waals surface area contributed by atoms with Crippen molar-refractivity contribution in [3.8, 4) is 5.75 Å². The second-order valence-electron chi connectivity index (χ2n) is 6.33. The minimum absolute atomic E-state index is 0.00336. The molecule has 1 amide bonds. The quantitative estimate of drug-likeness (QED) is 0.606. The number of carbonyl (C=O) groups is 1. The minimum atomic E-state index is -3.85. The number of anilines is 1. The van der Waals surface area contributed by atoms with E-state index in [1.807, 2.05) is 6.92 Å². The first-order valence-corrected chi connectivity index (χ1v) is 10.5. The molecule has 3 aromatic rings. The molecule has 1 N–H and O–H groups in total. The van der Waals surface area contributed by atoms with Gasteiger partial charge in [-0.25, -0.2) is 8.42 Å². The summed E-state index contributed by atoms with van der Waals surface area (Å²) in [4.78, 5) is 14.1. The van der Waals surface area contributed by atoms with Crippen molar-refractivity contribution in [1.82, 2.24) is 4.90 Å². The van der Waals surface area contributed by atoms with Gasteiger partial charge in [-0.2, -0.15) is 0 Å². The first kappa shape index (κ1) is 20.5. The summed E-state index contributed by atoms with van der Waals surface area (Å²) in [6, 6.07) is 16.0. The predicted octanol–water partition coefficient (Wildman–Crippen LogP) is 3.75. The monoisotopic (exact) mass is 414 g/mol. The van der Waals surface area contributed by atoms with Crippen LogP contribution in [0.25, 0.3) is 0 Å². The standard InChI is InChI=1S/C21H22N2O5S/c1-3-27-18-11-9-17(10-12-18)22-29(25,26)20-8-4-6-16(14-20)21(24)23(2)15-19-7-5-13-28-19/h4-14,22H,3,15H2,1-2H3. The lowest BCUT2D eigenvalue weighted by molar-refractivity contribution is 0.0775. The zero-order valence-electron chi connectivity index (χ0n) is 16.2. The van der Waals surface area contributed by atoms with Gasteiger partial charge < -0.3 is 14.1 Å². The molecule has 152 valence electrons. The lowest BCUT2D eigenvalue weighted by Crippen LogP contribution is -2.26. The number of hydrogen-bond donors (Lipinski definition) is 1. The summed E-state index contributed by atoms with van der Waals surface area (Å²) < 4.78 is 38.6. The fourth-order valence-corrected chi connectivity index (χ4v) is 3.83. The number of nitrogens with zero attached hydrogens (tertiary/aromatic N) is 1. The van der Waals surface area contributed by atoms with Crippen LogP contribution in [0.15, 0.2) is 76.2 Å². The summed E-state index contributed by atoms with van der Waals surface area (Å²) in [5, 5.41) is 0. The van der Waals surface area contributed by atoms with Gasteiger partial charge in [0.1, 0.15) is 11.5 Å². The molecule has 1 heterocycles. The van der Waals surface area contributed by atoms with Crippen molar-refractivity contribution >= 4 is 21.6 Å². The number of furan rings is 1. The smallest absolute Gasteiger partial charge is 0.261 e. The molecular weight excluding hydrogens is 392 g/mol. The Morgan fingerprint density at radius 2 is 1.86 bits per heavy atom. The Kier molecular flexibility index (Phi) is 6.23. The molecule has 0 bridgehead atoms. The van der Waals surface area contributed by atoms with E-state index in [0.29, 0.717) is 23.8 Å². The maximum Gasteiger partial charge on any atom is 0.261 e. The highest BCUT2D eigenvalue weighted by atomic mass is 32.2. The van der Waals surface area contributed by atoms with Crippen LogP contribution in [0.1, 0.15) is 23.0 Å². The van der Waals surface area contributed by atoms with Gasteiger partial charge in [-0.1, -0.05) is 6.07 Å². The molecule has 0 aliphatic carbocycles. The van der Waals surface area contributed by atoms with Crippen LogP contribution < -0.4 is 9.46 Å². The first-order valence-electron chi connectivity index (χ1n) is 9.02. The molecule has 0 spiro atoms. The number of ether oxygens (including phenoxy) is 1. The van der Waals surface area contributed by atoms with Gasteiger partial charge in [-0.3, -0.25) is 9.52 Å². The van der Waals surface area contributed by atoms with E-state index < -0.39 is 10.0 Å². The number of sulfonamides is 1. The van der Waals surface area contributed by atoms with E-state index in [1.165, 1.54) is 23.3 Å². The largest absolute Gasteiger partial charge is 0.494 e. The average molecular weight is 414 g/mol. The molecule has 2 aromatic carbocycles. The van der Waals surface area contributed by atoms with Crippen LogP contribution in [-0.4, -0.2) is 32.9 Å². The van der Waals surface area contributed by atoms with Crippen LogP contribution in [0, 0.1) is 0 Å². The summed E-state index contributed by atoms with van der Waals surface area (Å²) >= 11 is 0. The number of rotatable bonds is 8. The highest BCUT2D eigenvalue weighted by Gasteiger charge is 2.19. The Hall–Kier alpha value is -3.26. The molecule has 0 saturated heterocycles. The van der Waals surface area contributed by atoms with Gasteiger partial charge in [0.15, 0.2) is 0 Å². The van der Waals surface area contributed by atoms with Crippen molar-refractivity contribution in [2.45, 2.75) is 18.4 Å². The number of benzene rings is 2. The van der Waals surface area contributed by atoms with Gasteiger partial charge in [-0.15, -0.1) is 0 Å². The molecule has 0 unspecified atom stereocenters. The molecule has 0 aliphatic rings. The summed E-state index contributed by atoms with van der Waals surface area (Å²) in [7, 11) is -2.22. The Balaban J connectivity index is 1.75. The van der Waals surface area contributed by atoms with Gasteiger partial charge >= 0.3 is 0 Å². The van der Waals surface area contributed by atoms with E-state index in [9.17, 15) is 13.2 Å². The highest BCUT2D eigenvalue weighted by Crippen LogP contribution is 2.21. The molecule has 29 heavy (non-hydrogen) atoms. The van der Waals surface area contributed by atoms with Crippen LogP contribution in [-0.2, 0) is 16.6 Å². The molecule has 8 heteroatoms. The van der Waals surface area contributed by atoms with Crippen LogP contribution in [0.2, 0.25) is 0 Å². The maximum absolute atomic E-state index is 12.7. The van der Waals surface area contributed by atoms with Crippen molar-refractivity contribution in [2.24, 2.45) is 0 Å². The zero-order valence-corrected chi connectivity index (χ0v) is 17.0. The van der Waals surface area contributed by atoms with Crippen molar-refractivity contribution in [3.63, 3.8) is 0 Å². The molecule has 3 rings (SSSR count). The van der Waals surface area contributed by atoms with Gasteiger partial charge in [0.2, 0.25) is 0 Å². The van der Waals surface area contributed by atoms with Crippen molar-refractivity contribution in [3.05, 3.63) is 78.3 Å². The minimum Gasteiger partial charge on any atom is -0.494 e. The van der Waals surface area contributed by atoms with E-state index in [1.54, 1.807) is 55.6 Å². The van der Waals surface area contributed by atoms with E-state index in [-0.39, 0.29) is 22.9 Å². The maximum atomic E-state index is 12.7. The van der Waals surface area contributed by atoms with Crippen molar-refractivity contribution in [2.75, 3.05) is 18.4 Å².